The van der Waals surface area contributed by atoms with Gasteiger partial charge in [-0.3, -0.25) is 14.9 Å². The minimum atomic E-state index is -0.680. The van der Waals surface area contributed by atoms with Gasteiger partial charge in [0.05, 0.1) is 17.0 Å². The van der Waals surface area contributed by atoms with Crippen LogP contribution in [0.25, 0.3) is 10.9 Å². The van der Waals surface area contributed by atoms with Gasteiger partial charge >= 0.3 is 11.2 Å². The molecular formula is C13H15N3O4. The molecule has 0 amide bonds. The van der Waals surface area contributed by atoms with Crippen LogP contribution in [0.1, 0.15) is 6.92 Å². The highest BCUT2D eigenvalue weighted by atomic mass is 16.6. The van der Waals surface area contributed by atoms with Gasteiger partial charge in [-0.2, -0.15) is 0 Å². The molecular weight excluding hydrogens is 262 g/mol. The second kappa shape index (κ2) is 5.70. The lowest BCUT2D eigenvalue weighted by Crippen LogP contribution is -2.24. The Morgan fingerprint density at radius 1 is 1.40 bits per heavy atom. The lowest BCUT2D eigenvalue weighted by atomic mass is 10.1. The minimum Gasteiger partial charge on any atom is -0.395 e. The molecule has 20 heavy (non-hydrogen) atoms. The SMILES string of the molecule is CCn1c(=O)c([N+](=O)[O-])c(NCCO)c2ccccc21. The Bertz CT molecular complexity index is 709. The van der Waals surface area contributed by atoms with Crippen molar-refractivity contribution in [1.29, 1.82) is 0 Å². The number of nitrogens with one attached hydrogen (secondary N) is 1. The topological polar surface area (TPSA) is 97.4 Å². The summed E-state index contributed by atoms with van der Waals surface area (Å²) in [6, 6.07) is 6.98. The van der Waals surface area contributed by atoms with Crippen molar-refractivity contribution in [1.82, 2.24) is 4.57 Å². The van der Waals surface area contributed by atoms with Crippen LogP contribution in [0.4, 0.5) is 11.4 Å². The molecule has 1 aromatic heterocycles. The Kier molecular flexibility index (Phi) is 3.99. The lowest BCUT2D eigenvalue weighted by Gasteiger charge is -2.13. The molecule has 7 heteroatoms. The minimum absolute atomic E-state index is 0.139. The van der Waals surface area contributed by atoms with E-state index in [-0.39, 0.29) is 18.8 Å². The van der Waals surface area contributed by atoms with Crippen molar-refractivity contribution in [2.24, 2.45) is 0 Å². The first-order chi connectivity index (χ1) is 9.61. The van der Waals surface area contributed by atoms with Crippen molar-refractivity contribution in [2.45, 2.75) is 13.5 Å². The average Bonchev–Trinajstić information content (AvgIpc) is 2.44. The Labute approximate surface area is 114 Å². The Morgan fingerprint density at radius 2 is 2.10 bits per heavy atom. The molecule has 1 heterocycles. The van der Waals surface area contributed by atoms with Crippen molar-refractivity contribution in [2.75, 3.05) is 18.5 Å². The summed E-state index contributed by atoms with van der Waals surface area (Å²) < 4.78 is 1.37. The van der Waals surface area contributed by atoms with Gasteiger partial charge in [0.1, 0.15) is 5.69 Å². The van der Waals surface area contributed by atoms with Crippen molar-refractivity contribution < 1.29 is 10.0 Å². The normalized spacial score (nSPS) is 10.7. The molecule has 0 aliphatic heterocycles. The molecule has 0 atom stereocenters. The summed E-state index contributed by atoms with van der Waals surface area (Å²) in [4.78, 5) is 22.8. The van der Waals surface area contributed by atoms with E-state index in [0.717, 1.165) is 0 Å². The molecule has 0 aliphatic carbocycles. The molecule has 0 saturated heterocycles. The molecule has 106 valence electrons. The highest BCUT2D eigenvalue weighted by molar-refractivity contribution is 5.96. The Balaban J connectivity index is 2.88. The van der Waals surface area contributed by atoms with Crippen LogP contribution in [-0.4, -0.2) is 27.7 Å². The van der Waals surface area contributed by atoms with Crippen LogP contribution in [0, 0.1) is 10.1 Å². The van der Waals surface area contributed by atoms with Crippen molar-refractivity contribution in [3.63, 3.8) is 0 Å². The Hall–Kier alpha value is -2.41. The van der Waals surface area contributed by atoms with Crippen LogP contribution < -0.4 is 10.9 Å². The van der Waals surface area contributed by atoms with Gasteiger partial charge in [-0.25, -0.2) is 0 Å². The molecule has 0 unspecified atom stereocenters. The summed E-state index contributed by atoms with van der Waals surface area (Å²) in [6.45, 7) is 2.07. The summed E-state index contributed by atoms with van der Waals surface area (Å²) in [5.74, 6) is 0. The number of fused-ring (bicyclic) bond motifs is 1. The highest BCUT2D eigenvalue weighted by Crippen LogP contribution is 2.29. The number of para-hydroxylation sites is 1. The number of aliphatic hydroxyl groups is 1. The first-order valence-corrected chi connectivity index (χ1v) is 6.26. The van der Waals surface area contributed by atoms with Crippen molar-refractivity contribution in [3.8, 4) is 0 Å². The number of nitro groups is 1. The molecule has 1 aromatic carbocycles. The summed E-state index contributed by atoms with van der Waals surface area (Å²) in [5.41, 5.74) is -0.337. The third kappa shape index (κ3) is 2.23. The van der Waals surface area contributed by atoms with E-state index in [9.17, 15) is 14.9 Å². The van der Waals surface area contributed by atoms with Crippen LogP contribution in [-0.2, 0) is 6.54 Å². The smallest absolute Gasteiger partial charge is 0.357 e. The maximum absolute atomic E-state index is 12.3. The number of aliphatic hydroxyl groups excluding tert-OH is 1. The summed E-state index contributed by atoms with van der Waals surface area (Å²) in [5, 5.41) is 23.5. The molecule has 2 aromatic rings. The third-order valence-corrected chi connectivity index (χ3v) is 3.06. The third-order valence-electron chi connectivity index (χ3n) is 3.06. The van der Waals surface area contributed by atoms with E-state index in [4.69, 9.17) is 5.11 Å². The van der Waals surface area contributed by atoms with Gasteiger partial charge in [0, 0.05) is 18.5 Å². The van der Waals surface area contributed by atoms with E-state index >= 15 is 0 Å². The quantitative estimate of drug-likeness (QED) is 0.634. The molecule has 0 spiro atoms. The molecule has 0 saturated carbocycles. The predicted octanol–water partition coefficient (Wildman–Crippen LogP) is 1.33. The number of aryl methyl sites for hydroxylation is 1. The van der Waals surface area contributed by atoms with Gasteiger partial charge in [-0.15, -0.1) is 0 Å². The lowest BCUT2D eigenvalue weighted by molar-refractivity contribution is -0.385. The van der Waals surface area contributed by atoms with Gasteiger partial charge in [0.2, 0.25) is 0 Å². The van der Waals surface area contributed by atoms with Crippen LogP contribution in [0.5, 0.6) is 0 Å². The molecule has 0 fully saturated rings. The van der Waals surface area contributed by atoms with Crippen molar-refractivity contribution >= 4 is 22.3 Å². The monoisotopic (exact) mass is 277 g/mol. The first kappa shape index (κ1) is 14.0. The highest BCUT2D eigenvalue weighted by Gasteiger charge is 2.24. The van der Waals surface area contributed by atoms with E-state index in [1.165, 1.54) is 4.57 Å². The number of hydrogen-bond donors (Lipinski definition) is 2. The van der Waals surface area contributed by atoms with Crippen LogP contribution in [0.2, 0.25) is 0 Å². The molecule has 2 N–H and O–H groups in total. The Morgan fingerprint density at radius 3 is 2.70 bits per heavy atom. The summed E-state index contributed by atoms with van der Waals surface area (Å²) in [7, 11) is 0. The number of benzene rings is 1. The summed E-state index contributed by atoms with van der Waals surface area (Å²) >= 11 is 0. The van der Waals surface area contributed by atoms with E-state index in [2.05, 4.69) is 5.32 Å². The zero-order valence-corrected chi connectivity index (χ0v) is 11.0. The van der Waals surface area contributed by atoms with E-state index < -0.39 is 16.2 Å². The van der Waals surface area contributed by atoms with Gasteiger partial charge in [-0.05, 0) is 13.0 Å². The molecule has 0 aliphatic rings. The second-order valence-electron chi connectivity index (χ2n) is 4.20. The average molecular weight is 277 g/mol. The van der Waals surface area contributed by atoms with E-state index in [0.29, 0.717) is 17.4 Å². The van der Waals surface area contributed by atoms with Crippen LogP contribution in [0.15, 0.2) is 29.1 Å². The zero-order chi connectivity index (χ0) is 14.7. The van der Waals surface area contributed by atoms with Crippen LogP contribution >= 0.6 is 0 Å². The van der Waals surface area contributed by atoms with Gasteiger partial charge in [-0.1, -0.05) is 18.2 Å². The number of nitrogens with zero attached hydrogens (tertiary/aromatic N) is 2. The maximum atomic E-state index is 12.3. The number of aromatic nitrogens is 1. The molecule has 2 rings (SSSR count). The van der Waals surface area contributed by atoms with Crippen molar-refractivity contribution in [3.05, 3.63) is 44.7 Å². The van der Waals surface area contributed by atoms with Gasteiger partial charge in [0.15, 0.2) is 0 Å². The maximum Gasteiger partial charge on any atom is 0.357 e. The molecule has 7 nitrogen and oxygen atoms in total. The van der Waals surface area contributed by atoms with Crippen LogP contribution in [0.3, 0.4) is 0 Å². The summed E-state index contributed by atoms with van der Waals surface area (Å²) in [6.07, 6.45) is 0. The van der Waals surface area contributed by atoms with E-state index in [1.54, 1.807) is 31.2 Å². The number of pyridine rings is 1. The van der Waals surface area contributed by atoms with Gasteiger partial charge in [0.25, 0.3) is 0 Å². The predicted molar refractivity (Wildman–Crippen MR) is 76.1 cm³/mol. The number of anilines is 1. The fourth-order valence-electron chi connectivity index (χ4n) is 2.24. The standard InChI is InChI=1S/C13H15N3O4/c1-2-15-10-6-4-3-5-9(10)11(14-7-8-17)12(13(15)18)16(19)20/h3-6,14,17H,2,7-8H2,1H3. The zero-order valence-electron chi connectivity index (χ0n) is 11.0. The fraction of sp³-hybridized carbons (Fsp3) is 0.308. The second-order valence-corrected chi connectivity index (χ2v) is 4.20. The molecule has 0 bridgehead atoms. The fourth-order valence-corrected chi connectivity index (χ4v) is 2.24. The van der Waals surface area contributed by atoms with Gasteiger partial charge < -0.3 is 15.0 Å². The largest absolute Gasteiger partial charge is 0.395 e. The van der Waals surface area contributed by atoms with E-state index in [1.807, 2.05) is 0 Å². The first-order valence-electron chi connectivity index (χ1n) is 6.26. The number of rotatable bonds is 5. The molecule has 0 radical (unpaired) electrons. The number of hydrogen-bond acceptors (Lipinski definition) is 5.